The van der Waals surface area contributed by atoms with Crippen molar-refractivity contribution in [1.82, 2.24) is 14.8 Å². The van der Waals surface area contributed by atoms with E-state index in [0.717, 1.165) is 30.2 Å². The van der Waals surface area contributed by atoms with Gasteiger partial charge in [-0.15, -0.1) is 10.2 Å². The van der Waals surface area contributed by atoms with Crippen LogP contribution in [0.2, 0.25) is 0 Å². The second kappa shape index (κ2) is 4.38. The van der Waals surface area contributed by atoms with Gasteiger partial charge in [-0.25, -0.2) is 4.39 Å². The number of nitrogens with zero attached hydrogens (tertiary/aromatic N) is 4. The van der Waals surface area contributed by atoms with E-state index in [1.807, 2.05) is 4.57 Å². The van der Waals surface area contributed by atoms with Crippen molar-refractivity contribution in [1.29, 1.82) is 0 Å². The van der Waals surface area contributed by atoms with Crippen molar-refractivity contribution < 1.29 is 4.39 Å². The topological polar surface area (TPSA) is 60.0 Å². The zero-order chi connectivity index (χ0) is 12.5. The third kappa shape index (κ3) is 1.84. The van der Waals surface area contributed by atoms with Crippen LogP contribution in [-0.2, 0) is 19.6 Å². The molecule has 6 heteroatoms. The van der Waals surface area contributed by atoms with Gasteiger partial charge in [0, 0.05) is 25.3 Å². The molecule has 0 saturated carbocycles. The molecule has 2 N–H and O–H groups in total. The molecular formula is C12H14FN5. The van der Waals surface area contributed by atoms with Gasteiger partial charge in [-0.1, -0.05) is 0 Å². The van der Waals surface area contributed by atoms with Crippen LogP contribution in [0.5, 0.6) is 0 Å². The first-order valence-electron chi connectivity index (χ1n) is 5.88. The van der Waals surface area contributed by atoms with Crippen LogP contribution >= 0.6 is 0 Å². The Morgan fingerprint density at radius 1 is 1.33 bits per heavy atom. The molecule has 0 aliphatic carbocycles. The molecule has 0 radical (unpaired) electrons. The Hall–Kier alpha value is -1.95. The Kier molecular flexibility index (Phi) is 2.71. The van der Waals surface area contributed by atoms with Crippen molar-refractivity contribution in [2.24, 2.45) is 5.73 Å². The minimum atomic E-state index is -0.251. The number of anilines is 1. The summed E-state index contributed by atoms with van der Waals surface area (Å²) in [5.74, 6) is 0.674. The first kappa shape index (κ1) is 11.2. The maximum absolute atomic E-state index is 13.2. The van der Waals surface area contributed by atoms with E-state index >= 15 is 0 Å². The number of aromatic nitrogens is 3. The highest BCUT2D eigenvalue weighted by molar-refractivity contribution is 5.54. The quantitative estimate of drug-likeness (QED) is 0.856. The molecule has 5 nitrogen and oxygen atoms in total. The number of halogens is 1. The van der Waals surface area contributed by atoms with Crippen LogP contribution in [-0.4, -0.2) is 21.3 Å². The molecule has 0 unspecified atom stereocenters. The normalized spacial score (nSPS) is 14.7. The van der Waals surface area contributed by atoms with Crippen LogP contribution in [0.1, 0.15) is 11.4 Å². The number of hydrogen-bond acceptors (Lipinski definition) is 4. The summed E-state index contributed by atoms with van der Waals surface area (Å²) in [5, 5.41) is 7.96. The average Bonchev–Trinajstić information content (AvgIpc) is 2.85. The third-order valence-corrected chi connectivity index (χ3v) is 3.24. The van der Waals surface area contributed by atoms with Gasteiger partial charge in [-0.05, 0) is 23.8 Å². The summed E-state index contributed by atoms with van der Waals surface area (Å²) in [4.78, 5) is 2.16. The fourth-order valence-corrected chi connectivity index (χ4v) is 2.30. The lowest BCUT2D eigenvalue weighted by Gasteiger charge is -2.30. The van der Waals surface area contributed by atoms with Gasteiger partial charge in [-0.3, -0.25) is 0 Å². The molecule has 2 aromatic rings. The number of hydrogen-bond donors (Lipinski definition) is 1. The van der Waals surface area contributed by atoms with Gasteiger partial charge in [0.1, 0.15) is 12.1 Å². The van der Waals surface area contributed by atoms with Crippen molar-refractivity contribution in [2.75, 3.05) is 11.4 Å². The fraction of sp³-hybridized carbons (Fsp3) is 0.333. The number of benzene rings is 1. The number of rotatable bonds is 2. The largest absolute Gasteiger partial charge is 0.362 e. The van der Waals surface area contributed by atoms with E-state index in [0.29, 0.717) is 13.1 Å². The van der Waals surface area contributed by atoms with Crippen LogP contribution < -0.4 is 10.6 Å². The molecule has 0 saturated heterocycles. The van der Waals surface area contributed by atoms with Gasteiger partial charge in [-0.2, -0.15) is 0 Å². The zero-order valence-corrected chi connectivity index (χ0v) is 9.88. The summed E-state index contributed by atoms with van der Waals surface area (Å²) in [6.45, 7) is 2.70. The first-order valence-corrected chi connectivity index (χ1v) is 5.88. The third-order valence-electron chi connectivity index (χ3n) is 3.24. The van der Waals surface area contributed by atoms with E-state index in [-0.39, 0.29) is 5.82 Å². The van der Waals surface area contributed by atoms with Gasteiger partial charge in [0.2, 0.25) is 0 Å². The summed E-state index contributed by atoms with van der Waals surface area (Å²) in [6, 6.07) is 4.74. The maximum atomic E-state index is 13.2. The Morgan fingerprint density at radius 3 is 3.06 bits per heavy atom. The Balaban J connectivity index is 1.93. The fourth-order valence-electron chi connectivity index (χ4n) is 2.30. The lowest BCUT2D eigenvalue weighted by atomic mass is 10.1. The Bertz CT molecular complexity index is 565. The minimum Gasteiger partial charge on any atom is -0.362 e. The monoisotopic (exact) mass is 247 g/mol. The summed E-state index contributed by atoms with van der Waals surface area (Å²) >= 11 is 0. The van der Waals surface area contributed by atoms with Crippen molar-refractivity contribution in [2.45, 2.75) is 19.6 Å². The summed E-state index contributed by atoms with van der Waals surface area (Å²) < 4.78 is 15.2. The molecule has 0 bridgehead atoms. The molecule has 3 rings (SSSR count). The number of fused-ring (bicyclic) bond motifs is 1. The predicted molar refractivity (Wildman–Crippen MR) is 65.4 cm³/mol. The van der Waals surface area contributed by atoms with E-state index in [2.05, 4.69) is 15.1 Å². The van der Waals surface area contributed by atoms with Crippen LogP contribution in [0.25, 0.3) is 0 Å². The smallest absolute Gasteiger partial charge is 0.152 e. The molecular weight excluding hydrogens is 233 g/mol. The van der Waals surface area contributed by atoms with E-state index < -0.39 is 0 Å². The van der Waals surface area contributed by atoms with Gasteiger partial charge < -0.3 is 15.2 Å². The van der Waals surface area contributed by atoms with Crippen molar-refractivity contribution in [3.63, 3.8) is 0 Å². The molecule has 1 aromatic heterocycles. The number of nitrogens with two attached hydrogens (primary N) is 1. The van der Waals surface area contributed by atoms with E-state index in [1.165, 1.54) is 12.1 Å². The van der Waals surface area contributed by atoms with Crippen LogP contribution in [0.3, 0.4) is 0 Å². The molecule has 1 aromatic carbocycles. The standard InChI is InChI=1S/C12H14FN5/c13-10-1-2-11(9(5-10)6-14)17-3-4-18-8-15-16-12(18)7-17/h1-2,5,8H,3-4,6-7,14H2. The van der Waals surface area contributed by atoms with Gasteiger partial charge in [0.05, 0.1) is 6.54 Å². The van der Waals surface area contributed by atoms with Gasteiger partial charge >= 0.3 is 0 Å². The summed E-state index contributed by atoms with van der Waals surface area (Å²) in [7, 11) is 0. The average molecular weight is 247 g/mol. The molecule has 1 aliphatic heterocycles. The molecule has 2 heterocycles. The van der Waals surface area contributed by atoms with Crippen LogP contribution in [0.15, 0.2) is 24.5 Å². The molecule has 0 fully saturated rings. The van der Waals surface area contributed by atoms with Gasteiger partial charge in [0.15, 0.2) is 5.82 Å². The van der Waals surface area contributed by atoms with Crippen molar-refractivity contribution >= 4 is 5.69 Å². The molecule has 94 valence electrons. The Morgan fingerprint density at radius 2 is 2.22 bits per heavy atom. The lowest BCUT2D eigenvalue weighted by molar-refractivity contribution is 0.557. The molecule has 0 amide bonds. The van der Waals surface area contributed by atoms with E-state index in [1.54, 1.807) is 12.4 Å². The second-order valence-corrected chi connectivity index (χ2v) is 4.34. The van der Waals surface area contributed by atoms with E-state index in [9.17, 15) is 4.39 Å². The highest BCUT2D eigenvalue weighted by atomic mass is 19.1. The predicted octanol–water partition coefficient (Wildman–Crippen LogP) is 0.896. The Labute approximate surface area is 104 Å². The highest BCUT2D eigenvalue weighted by Crippen LogP contribution is 2.24. The molecule has 1 aliphatic rings. The van der Waals surface area contributed by atoms with Crippen LogP contribution in [0, 0.1) is 5.82 Å². The zero-order valence-electron chi connectivity index (χ0n) is 9.88. The van der Waals surface area contributed by atoms with Crippen LogP contribution in [0.4, 0.5) is 10.1 Å². The highest BCUT2D eigenvalue weighted by Gasteiger charge is 2.19. The van der Waals surface area contributed by atoms with Gasteiger partial charge in [0.25, 0.3) is 0 Å². The first-order chi connectivity index (χ1) is 8.78. The molecule has 0 atom stereocenters. The summed E-state index contributed by atoms with van der Waals surface area (Å²) in [5.41, 5.74) is 7.48. The minimum absolute atomic E-state index is 0.251. The summed E-state index contributed by atoms with van der Waals surface area (Å²) in [6.07, 6.45) is 1.74. The second-order valence-electron chi connectivity index (χ2n) is 4.34. The van der Waals surface area contributed by atoms with E-state index in [4.69, 9.17) is 5.73 Å². The molecule has 18 heavy (non-hydrogen) atoms. The SMILES string of the molecule is NCc1cc(F)ccc1N1CCn2cnnc2C1. The lowest BCUT2D eigenvalue weighted by Crippen LogP contribution is -2.34. The van der Waals surface area contributed by atoms with Crippen molar-refractivity contribution in [3.05, 3.63) is 41.7 Å². The maximum Gasteiger partial charge on any atom is 0.152 e. The van der Waals surface area contributed by atoms with Crippen molar-refractivity contribution in [3.8, 4) is 0 Å². The molecule has 0 spiro atoms.